The molecule has 9 nitrogen and oxygen atoms in total. The monoisotopic (exact) mass is 453 g/mol. The number of carbonyl (C=O) groups is 1. The first-order valence-corrected chi connectivity index (χ1v) is 11.3. The largest absolute Gasteiger partial charge is 0.476 e. The van der Waals surface area contributed by atoms with Gasteiger partial charge in [-0.2, -0.15) is 0 Å². The van der Waals surface area contributed by atoms with Crippen molar-refractivity contribution >= 4 is 33.0 Å². The Morgan fingerprint density at radius 1 is 1.06 bits per heavy atom. The van der Waals surface area contributed by atoms with Gasteiger partial charge in [-0.25, -0.2) is 8.42 Å². The topological polar surface area (TPSA) is 119 Å². The van der Waals surface area contributed by atoms with Gasteiger partial charge in [-0.1, -0.05) is 48.5 Å². The van der Waals surface area contributed by atoms with Crippen molar-refractivity contribution in [3.05, 3.63) is 94.5 Å². The lowest BCUT2D eigenvalue weighted by Crippen LogP contribution is -2.49. The highest BCUT2D eigenvalue weighted by atomic mass is 32.2. The second kappa shape index (κ2) is 8.67. The molecule has 1 N–H and O–H groups in total. The van der Waals surface area contributed by atoms with E-state index in [2.05, 4.69) is 5.32 Å². The average Bonchev–Trinajstić information content (AvgIpc) is 2.78. The minimum absolute atomic E-state index is 0.176. The van der Waals surface area contributed by atoms with Gasteiger partial charge in [-0.05, 0) is 23.8 Å². The van der Waals surface area contributed by atoms with E-state index in [1.807, 2.05) is 0 Å². The second-order valence-corrected chi connectivity index (χ2v) is 9.04. The van der Waals surface area contributed by atoms with Crippen molar-refractivity contribution in [1.29, 1.82) is 0 Å². The molecule has 1 atom stereocenters. The summed E-state index contributed by atoms with van der Waals surface area (Å²) >= 11 is 0. The molecule has 1 amide bonds. The number of benzene rings is 3. The molecule has 4 rings (SSSR count). The minimum Gasteiger partial charge on any atom is -0.476 e. The van der Waals surface area contributed by atoms with E-state index in [0.717, 1.165) is 0 Å². The van der Waals surface area contributed by atoms with Gasteiger partial charge in [-0.15, -0.1) is 0 Å². The molecule has 1 heterocycles. The molecule has 3 aromatic rings. The van der Waals surface area contributed by atoms with Gasteiger partial charge in [0.05, 0.1) is 22.9 Å². The first-order chi connectivity index (χ1) is 15.3. The van der Waals surface area contributed by atoms with Gasteiger partial charge in [-0.3, -0.25) is 19.2 Å². The van der Waals surface area contributed by atoms with Gasteiger partial charge in [0.1, 0.15) is 5.75 Å². The summed E-state index contributed by atoms with van der Waals surface area (Å²) in [5.74, 6) is -0.587. The van der Waals surface area contributed by atoms with Gasteiger partial charge < -0.3 is 10.1 Å². The lowest BCUT2D eigenvalue weighted by Gasteiger charge is -2.34. The van der Waals surface area contributed by atoms with Crippen molar-refractivity contribution in [3.8, 4) is 5.75 Å². The Kier molecular flexibility index (Phi) is 5.78. The van der Waals surface area contributed by atoms with Crippen molar-refractivity contribution < 1.29 is 22.9 Å². The number of carbonyl (C=O) groups excluding carboxylic acids is 1. The SMILES string of the molecule is O=C(Nc1cccc([N+](=O)[O-])c1)[C@@H]1CN(S(=O)(=O)Cc2ccccc2)c2ccccc2O1. The summed E-state index contributed by atoms with van der Waals surface area (Å²) in [4.78, 5) is 23.3. The number of nitrogens with zero attached hydrogens (tertiary/aromatic N) is 2. The summed E-state index contributed by atoms with van der Waals surface area (Å²) in [7, 11) is -3.82. The Labute approximate surface area is 184 Å². The number of hydrogen-bond donors (Lipinski definition) is 1. The molecule has 0 saturated carbocycles. The van der Waals surface area contributed by atoms with E-state index >= 15 is 0 Å². The van der Waals surface area contributed by atoms with Crippen LogP contribution in [0.4, 0.5) is 17.1 Å². The molecule has 32 heavy (non-hydrogen) atoms. The van der Waals surface area contributed by atoms with Gasteiger partial charge in [0.2, 0.25) is 10.0 Å². The Balaban J connectivity index is 1.60. The Morgan fingerprint density at radius 3 is 2.53 bits per heavy atom. The molecule has 0 saturated heterocycles. The van der Waals surface area contributed by atoms with E-state index in [-0.39, 0.29) is 29.4 Å². The van der Waals surface area contributed by atoms with Crippen LogP contribution in [0.1, 0.15) is 5.56 Å². The zero-order valence-electron chi connectivity index (χ0n) is 16.7. The van der Waals surface area contributed by atoms with Gasteiger partial charge in [0, 0.05) is 17.8 Å². The smallest absolute Gasteiger partial charge is 0.271 e. The van der Waals surface area contributed by atoms with E-state index < -0.39 is 27.0 Å². The third kappa shape index (κ3) is 4.54. The van der Waals surface area contributed by atoms with Crippen LogP contribution in [0, 0.1) is 10.1 Å². The van der Waals surface area contributed by atoms with Gasteiger partial charge in [0.25, 0.3) is 11.6 Å². The number of fused-ring (bicyclic) bond motifs is 1. The van der Waals surface area contributed by atoms with Crippen molar-refractivity contribution in [2.45, 2.75) is 11.9 Å². The average molecular weight is 453 g/mol. The number of nitro groups is 1. The Morgan fingerprint density at radius 2 is 1.78 bits per heavy atom. The highest BCUT2D eigenvalue weighted by Gasteiger charge is 2.36. The molecule has 0 fully saturated rings. The standard InChI is InChI=1S/C22H19N3O6S/c26-22(23-17-9-6-10-18(13-17)25(27)28)21-14-24(19-11-4-5-12-20(19)31-21)32(29,30)15-16-7-2-1-3-8-16/h1-13,21H,14-15H2,(H,23,26)/t21-/m0/s1. The minimum atomic E-state index is -3.82. The van der Waals surface area contributed by atoms with Crippen LogP contribution in [0.2, 0.25) is 0 Å². The molecule has 0 unspecified atom stereocenters. The summed E-state index contributed by atoms with van der Waals surface area (Å²) in [6, 6.07) is 20.8. The van der Waals surface area contributed by atoms with Gasteiger partial charge in [0.15, 0.2) is 6.10 Å². The maximum atomic E-state index is 13.2. The summed E-state index contributed by atoms with van der Waals surface area (Å²) in [6.07, 6.45) is -1.14. The second-order valence-electron chi connectivity index (χ2n) is 7.14. The van der Waals surface area contributed by atoms with Crippen molar-refractivity contribution in [2.75, 3.05) is 16.2 Å². The molecule has 0 aliphatic carbocycles. The van der Waals surface area contributed by atoms with E-state index in [1.54, 1.807) is 54.6 Å². The van der Waals surface area contributed by atoms with Crippen molar-refractivity contribution in [2.24, 2.45) is 0 Å². The number of anilines is 2. The zero-order chi connectivity index (χ0) is 22.7. The van der Waals surface area contributed by atoms with Crippen LogP contribution in [-0.2, 0) is 20.6 Å². The normalized spacial score (nSPS) is 15.4. The summed E-state index contributed by atoms with van der Waals surface area (Å²) in [6.45, 7) is -0.229. The van der Waals surface area contributed by atoms with Crippen molar-refractivity contribution in [1.82, 2.24) is 0 Å². The molecule has 0 bridgehead atoms. The number of rotatable bonds is 6. The van der Waals surface area contributed by atoms with Crippen LogP contribution in [0.5, 0.6) is 5.75 Å². The Hall–Kier alpha value is -3.92. The summed E-state index contributed by atoms with van der Waals surface area (Å²) in [5, 5.41) is 13.5. The number of non-ortho nitro benzene ring substituents is 1. The van der Waals surface area contributed by atoms with Crippen LogP contribution in [0.3, 0.4) is 0 Å². The fourth-order valence-corrected chi connectivity index (χ4v) is 4.97. The van der Waals surface area contributed by atoms with E-state index in [4.69, 9.17) is 4.74 Å². The van der Waals surface area contributed by atoms with Crippen LogP contribution in [0.25, 0.3) is 0 Å². The molecule has 1 aliphatic heterocycles. The zero-order valence-corrected chi connectivity index (χ0v) is 17.6. The Bertz CT molecular complexity index is 1260. The molecule has 0 spiro atoms. The highest BCUT2D eigenvalue weighted by Crippen LogP contribution is 2.36. The van der Waals surface area contributed by atoms with Crippen LogP contribution < -0.4 is 14.4 Å². The van der Waals surface area contributed by atoms with E-state index in [1.165, 1.54) is 28.6 Å². The molecular formula is C22H19N3O6S. The number of nitro benzene ring substituents is 1. The molecule has 0 radical (unpaired) electrons. The maximum Gasteiger partial charge on any atom is 0.271 e. The number of amides is 1. The van der Waals surface area contributed by atoms with Crippen LogP contribution in [0.15, 0.2) is 78.9 Å². The first-order valence-electron chi connectivity index (χ1n) is 9.69. The third-order valence-electron chi connectivity index (χ3n) is 4.88. The van der Waals surface area contributed by atoms with E-state index in [9.17, 15) is 23.3 Å². The quantitative estimate of drug-likeness (QED) is 0.452. The predicted octanol–water partition coefficient (Wildman–Crippen LogP) is 3.33. The molecule has 164 valence electrons. The highest BCUT2D eigenvalue weighted by molar-refractivity contribution is 7.92. The molecule has 10 heteroatoms. The van der Waals surface area contributed by atoms with Crippen LogP contribution >= 0.6 is 0 Å². The summed E-state index contributed by atoms with van der Waals surface area (Å²) in [5.41, 5.74) is 1.01. The van der Waals surface area contributed by atoms with Crippen molar-refractivity contribution in [3.63, 3.8) is 0 Å². The number of ether oxygens (including phenoxy) is 1. The third-order valence-corrected chi connectivity index (χ3v) is 6.59. The fourth-order valence-electron chi connectivity index (χ4n) is 3.38. The first kappa shape index (κ1) is 21.3. The number of nitrogens with one attached hydrogen (secondary N) is 1. The predicted molar refractivity (Wildman–Crippen MR) is 119 cm³/mol. The number of hydrogen-bond acceptors (Lipinski definition) is 6. The van der Waals surface area contributed by atoms with Crippen LogP contribution in [-0.4, -0.2) is 31.9 Å². The van der Waals surface area contributed by atoms with E-state index in [0.29, 0.717) is 11.3 Å². The molecule has 1 aliphatic rings. The lowest BCUT2D eigenvalue weighted by atomic mass is 10.2. The summed E-state index contributed by atoms with van der Waals surface area (Å²) < 4.78 is 33.4. The molecule has 0 aromatic heterocycles. The van der Waals surface area contributed by atoms with Gasteiger partial charge >= 0.3 is 0 Å². The molecule has 3 aromatic carbocycles. The maximum absolute atomic E-state index is 13.2. The lowest BCUT2D eigenvalue weighted by molar-refractivity contribution is -0.384. The molecular weight excluding hydrogens is 434 g/mol. The number of para-hydroxylation sites is 2. The fraction of sp³-hybridized carbons (Fsp3) is 0.136. The number of sulfonamides is 1.